The fraction of sp³-hybridized carbons (Fsp3) is 0.222. The number of rotatable bonds is 8. The molecule has 2 N–H and O–H groups in total. The molecule has 2 aromatic heterocycles. The second-order valence-electron chi connectivity index (χ2n) is 8.31. The van der Waals surface area contributed by atoms with Gasteiger partial charge in [-0.05, 0) is 60.9 Å². The number of hydrogen-bond acceptors (Lipinski definition) is 6. The average Bonchev–Trinajstić information content (AvgIpc) is 3.30. The van der Waals surface area contributed by atoms with Gasteiger partial charge in [-0.15, -0.1) is 11.3 Å². The number of carbonyl (C=O) groups is 1. The monoisotopic (exact) mass is 472 g/mol. The first-order chi connectivity index (χ1) is 16.3. The maximum absolute atomic E-state index is 10.9. The van der Waals surface area contributed by atoms with E-state index in [4.69, 9.17) is 15.1 Å². The molecule has 0 aliphatic heterocycles. The van der Waals surface area contributed by atoms with E-state index in [1.165, 1.54) is 16.1 Å². The van der Waals surface area contributed by atoms with Crippen molar-refractivity contribution in [3.8, 4) is 21.1 Å². The van der Waals surface area contributed by atoms with Crippen LogP contribution in [0.1, 0.15) is 23.7 Å². The van der Waals surface area contributed by atoms with Gasteiger partial charge >= 0.3 is 5.97 Å². The Morgan fingerprint density at radius 1 is 0.971 bits per heavy atom. The lowest BCUT2D eigenvalue weighted by molar-refractivity contribution is -0.136. The fourth-order valence-corrected chi connectivity index (χ4v) is 4.73. The van der Waals surface area contributed by atoms with E-state index < -0.39 is 5.97 Å². The molecule has 34 heavy (non-hydrogen) atoms. The molecule has 0 atom stereocenters. The topological polar surface area (TPSA) is 78.4 Å². The van der Waals surface area contributed by atoms with Gasteiger partial charge in [0.25, 0.3) is 0 Å². The summed E-state index contributed by atoms with van der Waals surface area (Å²) in [7, 11) is 4.07. The molecule has 2 heterocycles. The van der Waals surface area contributed by atoms with Crippen molar-refractivity contribution in [2.45, 2.75) is 26.7 Å². The third kappa shape index (κ3) is 5.26. The zero-order valence-corrected chi connectivity index (χ0v) is 20.6. The van der Waals surface area contributed by atoms with Crippen LogP contribution in [0, 0.1) is 6.92 Å². The molecule has 0 saturated carbocycles. The van der Waals surface area contributed by atoms with Crippen molar-refractivity contribution in [1.29, 1.82) is 0 Å². The number of nitrogens with one attached hydrogen (secondary N) is 1. The largest absolute Gasteiger partial charge is 0.481 e. The van der Waals surface area contributed by atoms with Crippen LogP contribution >= 0.6 is 11.3 Å². The summed E-state index contributed by atoms with van der Waals surface area (Å²) >= 11 is 1.68. The summed E-state index contributed by atoms with van der Waals surface area (Å²) in [6.45, 7) is 4.10. The van der Waals surface area contributed by atoms with Gasteiger partial charge in [0.1, 0.15) is 5.82 Å². The Morgan fingerprint density at radius 3 is 2.26 bits per heavy atom. The molecule has 0 aliphatic rings. The summed E-state index contributed by atoms with van der Waals surface area (Å²) in [5, 5.41) is 12.4. The van der Waals surface area contributed by atoms with Crippen molar-refractivity contribution in [1.82, 2.24) is 9.97 Å². The van der Waals surface area contributed by atoms with Gasteiger partial charge in [0.2, 0.25) is 0 Å². The Labute approximate surface area is 204 Å². The highest BCUT2D eigenvalue weighted by Gasteiger charge is 2.14. The highest BCUT2D eigenvalue weighted by molar-refractivity contribution is 7.18. The number of nitrogens with zero attached hydrogens (tertiary/aromatic N) is 3. The van der Waals surface area contributed by atoms with Gasteiger partial charge in [-0.25, -0.2) is 9.97 Å². The lowest BCUT2D eigenvalue weighted by Crippen LogP contribution is -2.07. The highest BCUT2D eigenvalue weighted by atomic mass is 32.1. The molecule has 0 amide bonds. The van der Waals surface area contributed by atoms with E-state index in [-0.39, 0.29) is 6.42 Å². The standard InChI is InChI=1S/C27H28N4O2S/c1-5-22-17(2)28-27(30-26(22)29-20-10-6-18(7-11-20)16-25(32)33)24-15-14-23(34-24)19-8-12-21(13-9-19)31(3)4/h6-15H,5,16H2,1-4H3,(H,32,33)(H,28,29,30). The number of benzene rings is 2. The number of aromatic nitrogens is 2. The van der Waals surface area contributed by atoms with Crippen LogP contribution in [0.2, 0.25) is 0 Å². The Bertz CT molecular complexity index is 1300. The summed E-state index contributed by atoms with van der Waals surface area (Å²) in [5.41, 5.74) is 5.97. The third-order valence-corrected chi connectivity index (χ3v) is 6.76. The SMILES string of the molecule is CCc1c(C)nc(-c2ccc(-c3ccc(N(C)C)cc3)s2)nc1Nc1ccc(CC(=O)O)cc1. The summed E-state index contributed by atoms with van der Waals surface area (Å²) in [6, 6.07) is 20.1. The molecule has 0 bridgehead atoms. The van der Waals surface area contributed by atoms with Crippen LogP contribution in [0.4, 0.5) is 17.2 Å². The molecule has 0 unspecified atom stereocenters. The van der Waals surface area contributed by atoms with Crippen LogP contribution in [0.25, 0.3) is 21.1 Å². The van der Waals surface area contributed by atoms with Gasteiger partial charge in [-0.2, -0.15) is 0 Å². The average molecular weight is 473 g/mol. The van der Waals surface area contributed by atoms with E-state index in [2.05, 4.69) is 53.5 Å². The zero-order chi connectivity index (χ0) is 24.2. The van der Waals surface area contributed by atoms with Crippen molar-refractivity contribution in [3.63, 3.8) is 0 Å². The Balaban J connectivity index is 1.62. The lowest BCUT2D eigenvalue weighted by atomic mass is 10.1. The summed E-state index contributed by atoms with van der Waals surface area (Å²) in [5.74, 6) is 0.635. The lowest BCUT2D eigenvalue weighted by Gasteiger charge is -2.14. The first-order valence-corrected chi connectivity index (χ1v) is 12.0. The second kappa shape index (κ2) is 10.1. The van der Waals surface area contributed by atoms with E-state index in [9.17, 15) is 4.79 Å². The Kier molecular flexibility index (Phi) is 6.93. The number of hydrogen-bond donors (Lipinski definition) is 2. The van der Waals surface area contributed by atoms with E-state index >= 15 is 0 Å². The van der Waals surface area contributed by atoms with Crippen molar-refractivity contribution in [3.05, 3.63) is 77.5 Å². The van der Waals surface area contributed by atoms with E-state index in [0.717, 1.165) is 39.6 Å². The Hall–Kier alpha value is -3.71. The van der Waals surface area contributed by atoms with Gasteiger partial charge in [-0.3, -0.25) is 4.79 Å². The van der Waals surface area contributed by atoms with E-state index in [1.54, 1.807) is 11.3 Å². The van der Waals surface area contributed by atoms with Crippen molar-refractivity contribution in [2.24, 2.45) is 0 Å². The smallest absolute Gasteiger partial charge is 0.307 e. The minimum Gasteiger partial charge on any atom is -0.481 e. The van der Waals surface area contributed by atoms with Crippen LogP contribution in [0.15, 0.2) is 60.7 Å². The predicted molar refractivity (Wildman–Crippen MR) is 140 cm³/mol. The summed E-state index contributed by atoms with van der Waals surface area (Å²) in [6.07, 6.45) is 0.815. The van der Waals surface area contributed by atoms with Gasteiger partial charge in [0.05, 0.1) is 11.3 Å². The van der Waals surface area contributed by atoms with Gasteiger partial charge in [0, 0.05) is 41.6 Å². The second-order valence-corrected chi connectivity index (χ2v) is 9.39. The van der Waals surface area contributed by atoms with Gasteiger partial charge in [-0.1, -0.05) is 31.2 Å². The molecule has 0 saturated heterocycles. The van der Waals surface area contributed by atoms with Crippen molar-refractivity contribution in [2.75, 3.05) is 24.3 Å². The maximum atomic E-state index is 10.9. The van der Waals surface area contributed by atoms with Gasteiger partial charge < -0.3 is 15.3 Å². The summed E-state index contributed by atoms with van der Waals surface area (Å²) in [4.78, 5) is 24.9. The normalized spacial score (nSPS) is 10.8. The molecule has 174 valence electrons. The minimum absolute atomic E-state index is 0.00976. The highest BCUT2D eigenvalue weighted by Crippen LogP contribution is 2.35. The van der Waals surface area contributed by atoms with Gasteiger partial charge in [0.15, 0.2) is 5.82 Å². The molecular weight excluding hydrogens is 444 g/mol. The van der Waals surface area contributed by atoms with Crippen LogP contribution in [-0.4, -0.2) is 35.1 Å². The number of aryl methyl sites for hydroxylation is 1. The number of thiophene rings is 1. The molecule has 2 aromatic carbocycles. The van der Waals surface area contributed by atoms with Crippen LogP contribution in [0.5, 0.6) is 0 Å². The van der Waals surface area contributed by atoms with Crippen LogP contribution in [0.3, 0.4) is 0 Å². The number of carboxylic acid groups (broad SMARTS) is 1. The molecule has 4 rings (SSSR count). The number of carboxylic acids is 1. The minimum atomic E-state index is -0.839. The fourth-order valence-electron chi connectivity index (χ4n) is 3.79. The van der Waals surface area contributed by atoms with E-state index in [0.29, 0.717) is 5.82 Å². The van der Waals surface area contributed by atoms with Crippen molar-refractivity contribution >= 4 is 34.5 Å². The summed E-state index contributed by atoms with van der Waals surface area (Å²) < 4.78 is 0. The molecule has 7 heteroatoms. The Morgan fingerprint density at radius 2 is 1.65 bits per heavy atom. The molecule has 4 aromatic rings. The number of anilines is 3. The molecule has 0 fully saturated rings. The van der Waals surface area contributed by atoms with Crippen molar-refractivity contribution < 1.29 is 9.90 Å². The molecule has 0 radical (unpaired) electrons. The number of aliphatic carboxylic acids is 1. The molecule has 0 spiro atoms. The molecule has 0 aliphatic carbocycles. The zero-order valence-electron chi connectivity index (χ0n) is 19.8. The first-order valence-electron chi connectivity index (χ1n) is 11.2. The van der Waals surface area contributed by atoms with Crippen LogP contribution < -0.4 is 10.2 Å². The molecular formula is C27H28N4O2S. The van der Waals surface area contributed by atoms with Crippen LogP contribution in [-0.2, 0) is 17.6 Å². The predicted octanol–water partition coefficient (Wildman–Crippen LogP) is 6.18. The molecule has 6 nitrogen and oxygen atoms in total. The maximum Gasteiger partial charge on any atom is 0.307 e. The van der Waals surface area contributed by atoms with E-state index in [1.807, 2.05) is 45.3 Å². The first kappa shape index (κ1) is 23.4. The quantitative estimate of drug-likeness (QED) is 0.319. The third-order valence-electron chi connectivity index (χ3n) is 5.63.